The highest BCUT2D eigenvalue weighted by Gasteiger charge is 2.22. The van der Waals surface area contributed by atoms with Gasteiger partial charge in [0.1, 0.15) is 0 Å². The predicted octanol–water partition coefficient (Wildman–Crippen LogP) is 3.82. The van der Waals surface area contributed by atoms with Crippen LogP contribution in [0.3, 0.4) is 0 Å². The van der Waals surface area contributed by atoms with Crippen LogP contribution >= 0.6 is 0 Å². The van der Waals surface area contributed by atoms with Gasteiger partial charge in [0.05, 0.1) is 6.20 Å². The van der Waals surface area contributed by atoms with Gasteiger partial charge in [-0.25, -0.2) is 4.98 Å². The van der Waals surface area contributed by atoms with E-state index >= 15 is 0 Å². The van der Waals surface area contributed by atoms with E-state index in [1.165, 1.54) is 0 Å². The van der Waals surface area contributed by atoms with E-state index in [4.69, 9.17) is 4.42 Å². The predicted molar refractivity (Wildman–Crippen MR) is 107 cm³/mol. The summed E-state index contributed by atoms with van der Waals surface area (Å²) < 4.78 is 5.74. The zero-order valence-electron chi connectivity index (χ0n) is 15.6. The molecule has 3 aromatic rings. The minimum atomic E-state index is -0.0965. The summed E-state index contributed by atoms with van der Waals surface area (Å²) in [5.74, 6) is 1.18. The number of hydrogen-bond acceptors (Lipinski definition) is 4. The van der Waals surface area contributed by atoms with Crippen LogP contribution < -0.4 is 10.2 Å². The van der Waals surface area contributed by atoms with Gasteiger partial charge in [0.2, 0.25) is 11.8 Å². The lowest BCUT2D eigenvalue weighted by Crippen LogP contribution is -2.25. The Bertz CT molecular complexity index is 1010. The minimum Gasteiger partial charge on any atom is -0.441 e. The largest absolute Gasteiger partial charge is 0.441 e. The summed E-state index contributed by atoms with van der Waals surface area (Å²) in [5.41, 5.74) is 3.71. The second kappa shape index (κ2) is 7.68. The van der Waals surface area contributed by atoms with Crippen LogP contribution in [-0.2, 0) is 22.4 Å². The summed E-state index contributed by atoms with van der Waals surface area (Å²) >= 11 is 0. The average Bonchev–Trinajstić information content (AvgIpc) is 3.34. The maximum atomic E-state index is 12.3. The number of hydrogen-bond donors (Lipinski definition) is 1. The Hall–Kier alpha value is -3.41. The number of anilines is 2. The molecule has 142 valence electrons. The molecule has 0 saturated heterocycles. The average molecular weight is 375 g/mol. The Morgan fingerprint density at radius 2 is 2.00 bits per heavy atom. The van der Waals surface area contributed by atoms with Gasteiger partial charge in [0.25, 0.3) is 0 Å². The van der Waals surface area contributed by atoms with Crippen molar-refractivity contribution in [2.24, 2.45) is 0 Å². The number of aryl methyl sites for hydroxylation is 1. The zero-order valence-corrected chi connectivity index (χ0v) is 15.6. The topological polar surface area (TPSA) is 75.4 Å². The Morgan fingerprint density at radius 1 is 1.18 bits per heavy atom. The monoisotopic (exact) mass is 375 g/mol. The van der Waals surface area contributed by atoms with Gasteiger partial charge in [-0.3, -0.25) is 9.59 Å². The van der Waals surface area contributed by atoms with Crippen molar-refractivity contribution in [3.05, 3.63) is 66.2 Å². The first kappa shape index (κ1) is 18.0. The van der Waals surface area contributed by atoms with Gasteiger partial charge in [-0.2, -0.15) is 0 Å². The fourth-order valence-electron chi connectivity index (χ4n) is 3.41. The number of oxazole rings is 1. The third-order valence-corrected chi connectivity index (χ3v) is 4.82. The van der Waals surface area contributed by atoms with Crippen LogP contribution in [0.25, 0.3) is 11.3 Å². The maximum Gasteiger partial charge on any atom is 0.224 e. The maximum absolute atomic E-state index is 12.3. The molecule has 0 radical (unpaired) electrons. The molecular weight excluding hydrogens is 354 g/mol. The van der Waals surface area contributed by atoms with Crippen LogP contribution in [0.4, 0.5) is 11.4 Å². The fourth-order valence-corrected chi connectivity index (χ4v) is 3.41. The van der Waals surface area contributed by atoms with E-state index in [2.05, 4.69) is 10.3 Å². The molecule has 0 fully saturated rings. The Kier molecular flexibility index (Phi) is 4.93. The molecule has 0 unspecified atom stereocenters. The SMILES string of the molecule is CC(=O)N1CCc2cc(NC(=O)CCc3ncc(-c4ccccc4)o3)ccc21. The van der Waals surface area contributed by atoms with Crippen molar-refractivity contribution in [3.63, 3.8) is 0 Å². The third kappa shape index (κ3) is 3.81. The number of benzene rings is 2. The van der Waals surface area contributed by atoms with E-state index in [-0.39, 0.29) is 18.2 Å². The highest BCUT2D eigenvalue weighted by atomic mass is 16.4. The minimum absolute atomic E-state index is 0.0383. The Balaban J connectivity index is 1.34. The lowest BCUT2D eigenvalue weighted by atomic mass is 10.1. The number of carbonyl (C=O) groups excluding carboxylic acids is 2. The van der Waals surface area contributed by atoms with Crippen molar-refractivity contribution >= 4 is 23.2 Å². The summed E-state index contributed by atoms with van der Waals surface area (Å²) in [6, 6.07) is 15.4. The molecule has 6 nitrogen and oxygen atoms in total. The van der Waals surface area contributed by atoms with Gasteiger partial charge >= 0.3 is 0 Å². The van der Waals surface area contributed by atoms with Crippen LogP contribution in [0.1, 0.15) is 24.8 Å². The molecule has 0 atom stereocenters. The number of nitrogens with one attached hydrogen (secondary N) is 1. The number of carbonyl (C=O) groups is 2. The molecule has 1 aromatic heterocycles. The van der Waals surface area contributed by atoms with Gasteiger partial charge in [-0.1, -0.05) is 30.3 Å². The first-order valence-corrected chi connectivity index (χ1v) is 9.31. The van der Waals surface area contributed by atoms with Crippen molar-refractivity contribution in [1.29, 1.82) is 0 Å². The molecule has 1 aliphatic heterocycles. The Morgan fingerprint density at radius 3 is 2.79 bits per heavy atom. The summed E-state index contributed by atoms with van der Waals surface area (Å²) in [5, 5.41) is 2.91. The molecular formula is C22H21N3O3. The molecule has 1 N–H and O–H groups in total. The number of aromatic nitrogens is 1. The quantitative estimate of drug-likeness (QED) is 0.736. The van der Waals surface area contributed by atoms with E-state index in [0.717, 1.165) is 28.9 Å². The highest BCUT2D eigenvalue weighted by molar-refractivity contribution is 5.95. The van der Waals surface area contributed by atoms with Crippen molar-refractivity contribution in [2.75, 3.05) is 16.8 Å². The first-order chi connectivity index (χ1) is 13.6. The number of rotatable bonds is 5. The van der Waals surface area contributed by atoms with E-state index in [0.29, 0.717) is 24.6 Å². The van der Waals surface area contributed by atoms with E-state index < -0.39 is 0 Å². The lowest BCUT2D eigenvalue weighted by Gasteiger charge is -2.15. The third-order valence-electron chi connectivity index (χ3n) is 4.82. The second-order valence-electron chi connectivity index (χ2n) is 6.80. The smallest absolute Gasteiger partial charge is 0.224 e. The fraction of sp³-hybridized carbons (Fsp3) is 0.227. The molecule has 2 amide bonds. The normalized spacial score (nSPS) is 12.7. The molecule has 2 aromatic carbocycles. The van der Waals surface area contributed by atoms with Crippen molar-refractivity contribution in [1.82, 2.24) is 4.98 Å². The zero-order chi connectivity index (χ0) is 19.5. The van der Waals surface area contributed by atoms with Gasteiger partial charge in [0, 0.05) is 43.2 Å². The van der Waals surface area contributed by atoms with Crippen LogP contribution in [0, 0.1) is 0 Å². The molecule has 4 rings (SSSR count). The number of nitrogens with zero attached hydrogens (tertiary/aromatic N) is 2. The number of amides is 2. The molecule has 6 heteroatoms. The van der Waals surface area contributed by atoms with Crippen molar-refractivity contribution in [2.45, 2.75) is 26.2 Å². The van der Waals surface area contributed by atoms with Crippen LogP contribution in [-0.4, -0.2) is 23.3 Å². The van der Waals surface area contributed by atoms with Crippen LogP contribution in [0.2, 0.25) is 0 Å². The van der Waals surface area contributed by atoms with Gasteiger partial charge in [0.15, 0.2) is 11.7 Å². The van der Waals surface area contributed by atoms with E-state index in [1.54, 1.807) is 18.0 Å². The molecule has 0 spiro atoms. The van der Waals surface area contributed by atoms with Crippen molar-refractivity contribution in [3.8, 4) is 11.3 Å². The summed E-state index contributed by atoms with van der Waals surface area (Å²) in [7, 11) is 0. The summed E-state index contributed by atoms with van der Waals surface area (Å²) in [6.07, 6.45) is 3.20. The van der Waals surface area contributed by atoms with Gasteiger partial charge < -0.3 is 14.6 Å². The second-order valence-corrected chi connectivity index (χ2v) is 6.80. The van der Waals surface area contributed by atoms with Crippen LogP contribution in [0.5, 0.6) is 0 Å². The van der Waals surface area contributed by atoms with E-state index in [1.807, 2.05) is 48.5 Å². The lowest BCUT2D eigenvalue weighted by molar-refractivity contribution is -0.117. The summed E-state index contributed by atoms with van der Waals surface area (Å²) in [4.78, 5) is 29.9. The molecule has 2 heterocycles. The van der Waals surface area contributed by atoms with Gasteiger partial charge in [-0.05, 0) is 30.2 Å². The van der Waals surface area contributed by atoms with Gasteiger partial charge in [-0.15, -0.1) is 0 Å². The number of fused-ring (bicyclic) bond motifs is 1. The van der Waals surface area contributed by atoms with Crippen molar-refractivity contribution < 1.29 is 14.0 Å². The molecule has 0 saturated carbocycles. The standard InChI is InChI=1S/C22H21N3O3/c1-15(26)25-12-11-17-13-18(7-8-19(17)25)24-21(27)9-10-22-23-14-20(28-22)16-5-3-2-4-6-16/h2-8,13-14H,9-12H2,1H3,(H,24,27). The highest BCUT2D eigenvalue weighted by Crippen LogP contribution is 2.30. The van der Waals surface area contributed by atoms with Crippen LogP contribution in [0.15, 0.2) is 59.1 Å². The van der Waals surface area contributed by atoms with E-state index in [9.17, 15) is 9.59 Å². The Labute approximate surface area is 163 Å². The first-order valence-electron chi connectivity index (χ1n) is 9.31. The molecule has 1 aliphatic rings. The molecule has 0 bridgehead atoms. The molecule has 0 aliphatic carbocycles. The molecule has 28 heavy (non-hydrogen) atoms. The summed E-state index contributed by atoms with van der Waals surface area (Å²) in [6.45, 7) is 2.26.